The van der Waals surface area contributed by atoms with E-state index in [4.69, 9.17) is 5.11 Å². The molecule has 1 saturated carbocycles. The minimum Gasteiger partial charge on any atom is -0.481 e. The summed E-state index contributed by atoms with van der Waals surface area (Å²) in [7, 11) is 0. The molecule has 0 aromatic heterocycles. The first-order chi connectivity index (χ1) is 9.11. The highest BCUT2D eigenvalue weighted by atomic mass is 16.4. The van der Waals surface area contributed by atoms with E-state index in [0.717, 1.165) is 32.2 Å². The number of aliphatic hydroxyl groups is 1. The fourth-order valence-corrected chi connectivity index (χ4v) is 3.31. The molecule has 108 valence electrons. The number of likely N-dealkylation sites (tertiary alicyclic amines) is 1. The summed E-state index contributed by atoms with van der Waals surface area (Å²) in [5.41, 5.74) is 0. The summed E-state index contributed by atoms with van der Waals surface area (Å²) >= 11 is 0. The number of hydrogen-bond donors (Lipinski definition) is 2. The number of carboxylic acids is 1. The lowest BCUT2D eigenvalue weighted by Gasteiger charge is -2.36. The molecule has 1 saturated heterocycles. The van der Waals surface area contributed by atoms with Gasteiger partial charge in [-0.05, 0) is 38.0 Å². The molecule has 3 unspecified atom stereocenters. The van der Waals surface area contributed by atoms with Crippen LogP contribution in [0.1, 0.15) is 38.5 Å². The lowest BCUT2D eigenvalue weighted by Crippen LogP contribution is -2.45. The molecule has 5 nitrogen and oxygen atoms in total. The molecule has 0 aromatic rings. The molecule has 0 bridgehead atoms. The lowest BCUT2D eigenvalue weighted by molar-refractivity contribution is -0.146. The largest absolute Gasteiger partial charge is 0.481 e. The number of carboxylic acid groups (broad SMARTS) is 1. The first-order valence-corrected chi connectivity index (χ1v) is 7.24. The molecule has 1 amide bonds. The second-order valence-corrected chi connectivity index (χ2v) is 5.87. The van der Waals surface area contributed by atoms with Crippen LogP contribution >= 0.6 is 0 Å². The first kappa shape index (κ1) is 14.3. The van der Waals surface area contributed by atoms with Crippen molar-refractivity contribution in [2.45, 2.75) is 38.5 Å². The summed E-state index contributed by atoms with van der Waals surface area (Å²) in [6.45, 7) is 1.51. The van der Waals surface area contributed by atoms with Crippen molar-refractivity contribution >= 4 is 11.9 Å². The average molecular weight is 269 g/mol. The molecule has 2 fully saturated rings. The highest BCUT2D eigenvalue weighted by Crippen LogP contribution is 2.31. The van der Waals surface area contributed by atoms with E-state index in [0.29, 0.717) is 19.4 Å². The van der Waals surface area contributed by atoms with Crippen molar-refractivity contribution in [3.8, 4) is 0 Å². The molecule has 2 N–H and O–H groups in total. The van der Waals surface area contributed by atoms with Gasteiger partial charge in [0.25, 0.3) is 0 Å². The maximum atomic E-state index is 12.4. The predicted octanol–water partition coefficient (Wildman–Crippen LogP) is 1.11. The van der Waals surface area contributed by atoms with E-state index < -0.39 is 5.97 Å². The van der Waals surface area contributed by atoms with Crippen LogP contribution < -0.4 is 0 Å². The predicted molar refractivity (Wildman–Crippen MR) is 69.5 cm³/mol. The Morgan fingerprint density at radius 2 is 1.84 bits per heavy atom. The molecule has 1 aliphatic heterocycles. The molecule has 2 aliphatic rings. The van der Waals surface area contributed by atoms with Gasteiger partial charge in [-0.25, -0.2) is 0 Å². The van der Waals surface area contributed by atoms with E-state index in [1.807, 2.05) is 4.90 Å². The number of carbonyl (C=O) groups excluding carboxylic acids is 1. The molecule has 5 heteroatoms. The number of aliphatic carboxylic acids is 1. The summed E-state index contributed by atoms with van der Waals surface area (Å²) in [5.74, 6) is -0.974. The Kier molecular flexibility index (Phi) is 4.80. The van der Waals surface area contributed by atoms with Crippen LogP contribution in [-0.4, -0.2) is 46.7 Å². The van der Waals surface area contributed by atoms with Crippen LogP contribution in [-0.2, 0) is 9.59 Å². The normalized spacial score (nSPS) is 32.1. The van der Waals surface area contributed by atoms with Crippen molar-refractivity contribution in [2.24, 2.45) is 17.8 Å². The number of amides is 1. The summed E-state index contributed by atoms with van der Waals surface area (Å²) < 4.78 is 0. The van der Waals surface area contributed by atoms with Crippen molar-refractivity contribution in [2.75, 3.05) is 19.7 Å². The van der Waals surface area contributed by atoms with Crippen LogP contribution in [0.2, 0.25) is 0 Å². The smallest absolute Gasteiger partial charge is 0.306 e. The van der Waals surface area contributed by atoms with Gasteiger partial charge in [0.2, 0.25) is 5.91 Å². The van der Waals surface area contributed by atoms with Crippen LogP contribution in [0.3, 0.4) is 0 Å². The zero-order valence-electron chi connectivity index (χ0n) is 11.3. The third kappa shape index (κ3) is 3.47. The second kappa shape index (κ2) is 6.37. The van der Waals surface area contributed by atoms with E-state index in [2.05, 4.69) is 0 Å². The highest BCUT2D eigenvalue weighted by Gasteiger charge is 2.34. The van der Waals surface area contributed by atoms with Crippen LogP contribution in [0.4, 0.5) is 0 Å². The quantitative estimate of drug-likeness (QED) is 0.804. The maximum absolute atomic E-state index is 12.4. The van der Waals surface area contributed by atoms with Gasteiger partial charge in [0.15, 0.2) is 0 Å². The third-order valence-corrected chi connectivity index (χ3v) is 4.46. The summed E-state index contributed by atoms with van der Waals surface area (Å²) in [6, 6.07) is 0. The van der Waals surface area contributed by atoms with Gasteiger partial charge in [-0.15, -0.1) is 0 Å². The molecule has 0 spiro atoms. The Hall–Kier alpha value is -1.10. The van der Waals surface area contributed by atoms with Crippen LogP contribution in [0.15, 0.2) is 0 Å². The minimum absolute atomic E-state index is 0.101. The van der Waals surface area contributed by atoms with Crippen LogP contribution in [0.25, 0.3) is 0 Å². The van der Waals surface area contributed by atoms with Gasteiger partial charge in [-0.1, -0.05) is 6.42 Å². The van der Waals surface area contributed by atoms with E-state index in [-0.39, 0.29) is 30.3 Å². The van der Waals surface area contributed by atoms with Crippen molar-refractivity contribution in [3.05, 3.63) is 0 Å². The number of piperidine rings is 1. The lowest BCUT2D eigenvalue weighted by atomic mass is 9.80. The van der Waals surface area contributed by atoms with Gasteiger partial charge < -0.3 is 15.1 Å². The molecular weight excluding hydrogens is 246 g/mol. The zero-order chi connectivity index (χ0) is 13.8. The van der Waals surface area contributed by atoms with Gasteiger partial charge in [0.1, 0.15) is 0 Å². The van der Waals surface area contributed by atoms with Gasteiger partial charge in [0.05, 0.1) is 5.92 Å². The van der Waals surface area contributed by atoms with Gasteiger partial charge in [-0.3, -0.25) is 9.59 Å². The van der Waals surface area contributed by atoms with E-state index in [1.165, 1.54) is 0 Å². The molecular formula is C14H23NO4. The number of rotatable bonds is 3. The Bertz CT molecular complexity index is 344. The zero-order valence-corrected chi connectivity index (χ0v) is 11.3. The SMILES string of the molecule is O=C(O)C1CCCC(C(=O)N2CCCC(CO)C2)C1. The molecule has 1 heterocycles. The fourth-order valence-electron chi connectivity index (χ4n) is 3.31. The van der Waals surface area contributed by atoms with Crippen molar-refractivity contribution in [1.29, 1.82) is 0 Å². The van der Waals surface area contributed by atoms with E-state index >= 15 is 0 Å². The Morgan fingerprint density at radius 3 is 2.53 bits per heavy atom. The van der Waals surface area contributed by atoms with Crippen molar-refractivity contribution in [1.82, 2.24) is 4.90 Å². The Balaban J connectivity index is 1.93. The number of carbonyl (C=O) groups is 2. The first-order valence-electron chi connectivity index (χ1n) is 7.24. The topological polar surface area (TPSA) is 77.8 Å². The summed E-state index contributed by atoms with van der Waals surface area (Å²) in [5, 5.41) is 18.3. The Labute approximate surface area is 113 Å². The standard InChI is InChI=1S/C14H23NO4/c16-9-10-3-2-6-15(8-10)13(17)11-4-1-5-12(7-11)14(18)19/h10-12,16H,1-9H2,(H,18,19). The monoisotopic (exact) mass is 269 g/mol. The molecule has 0 aromatic carbocycles. The minimum atomic E-state index is -0.774. The number of aliphatic hydroxyl groups excluding tert-OH is 1. The van der Waals surface area contributed by atoms with Gasteiger partial charge in [-0.2, -0.15) is 0 Å². The second-order valence-electron chi connectivity index (χ2n) is 5.87. The fraction of sp³-hybridized carbons (Fsp3) is 0.857. The van der Waals surface area contributed by atoms with Gasteiger partial charge in [0, 0.05) is 25.6 Å². The highest BCUT2D eigenvalue weighted by molar-refractivity contribution is 5.80. The third-order valence-electron chi connectivity index (χ3n) is 4.46. The van der Waals surface area contributed by atoms with Gasteiger partial charge >= 0.3 is 5.97 Å². The van der Waals surface area contributed by atoms with Crippen molar-refractivity contribution < 1.29 is 19.8 Å². The molecule has 3 atom stereocenters. The van der Waals surface area contributed by atoms with E-state index in [9.17, 15) is 14.7 Å². The number of nitrogens with zero attached hydrogens (tertiary/aromatic N) is 1. The number of hydrogen-bond acceptors (Lipinski definition) is 3. The van der Waals surface area contributed by atoms with Crippen molar-refractivity contribution in [3.63, 3.8) is 0 Å². The molecule has 2 rings (SSSR count). The van der Waals surface area contributed by atoms with Crippen LogP contribution in [0.5, 0.6) is 0 Å². The average Bonchev–Trinajstić information content (AvgIpc) is 2.46. The molecule has 1 aliphatic carbocycles. The molecule has 19 heavy (non-hydrogen) atoms. The van der Waals surface area contributed by atoms with Crippen LogP contribution in [0, 0.1) is 17.8 Å². The maximum Gasteiger partial charge on any atom is 0.306 e. The summed E-state index contributed by atoms with van der Waals surface area (Å²) in [6.07, 6.45) is 4.72. The van der Waals surface area contributed by atoms with E-state index in [1.54, 1.807) is 0 Å². The summed E-state index contributed by atoms with van der Waals surface area (Å²) in [4.78, 5) is 25.3. The Morgan fingerprint density at radius 1 is 1.11 bits per heavy atom. The molecule has 0 radical (unpaired) electrons.